The molecule has 88 heavy (non-hydrogen) atoms. The lowest BCUT2D eigenvalue weighted by molar-refractivity contribution is -0.302. The van der Waals surface area contributed by atoms with Crippen LogP contribution in [0, 0.1) is 42.4 Å². The molecule has 4 heterocycles. The van der Waals surface area contributed by atoms with E-state index in [1.165, 1.54) is 19.1 Å². The highest BCUT2D eigenvalue weighted by Gasteiger charge is 2.57. The molecule has 3 aliphatic heterocycles. The zero-order valence-electron chi connectivity index (χ0n) is 52.5. The standard InChI is InChI=1S/C69H93ClN2O15S/c1-41-29-42(2)31-62(83-7)65-63(84-8)34-45(5)69(82,87-65)66(79)67(80)72-26-10-9-14-57(72)68(81)86-64(44(4)33-48-19-23-58(75)51(35-48)40-73)46(6)60(77)39-61(78)50(30-41)13-11-27-88-28-12-15-59(76)56-38-54(24-25-71-56)85-53-20-16-47(17-21-53)36-52(74)37-49-18-22-55(70)43(3)32-49/h16-18,20-22,24-25,30,32-33,38,42,45-46,48,50-51,57-58,60,62-65,73,75,77,82H,9-15,19,23,26-29,31,34-37,39-40H2,1-8H3/b41-30+,44-33+/t42-,45+,46+,48-,50+,51-,57-,58+,60-,62-,63-,64+,65+,69+/m0/s1. The van der Waals surface area contributed by atoms with Crippen LogP contribution in [-0.4, -0.2) is 153 Å². The van der Waals surface area contributed by atoms with Crippen LogP contribution < -0.4 is 4.74 Å². The van der Waals surface area contributed by atoms with Gasteiger partial charge in [0.05, 0.1) is 24.4 Å². The summed E-state index contributed by atoms with van der Waals surface area (Å²) >= 11 is 7.84. The van der Waals surface area contributed by atoms with Crippen LogP contribution >= 0.6 is 23.4 Å². The predicted octanol–water partition coefficient (Wildman–Crippen LogP) is 10.3. The van der Waals surface area contributed by atoms with Crippen molar-refractivity contribution in [2.45, 2.75) is 193 Å². The number of methoxy groups -OCH3 is 2. The van der Waals surface area contributed by atoms with Gasteiger partial charge in [-0.05, 0) is 168 Å². The number of carbonyl (C=O) groups excluding carboxylic acids is 6. The first-order valence-electron chi connectivity index (χ1n) is 31.5. The van der Waals surface area contributed by atoms with Crippen LogP contribution in [0.3, 0.4) is 0 Å². The lowest BCUT2D eigenvalue weighted by atomic mass is 9.78. The maximum atomic E-state index is 14.7. The van der Waals surface area contributed by atoms with E-state index in [0.29, 0.717) is 110 Å². The summed E-state index contributed by atoms with van der Waals surface area (Å²) < 4.78 is 30.7. The summed E-state index contributed by atoms with van der Waals surface area (Å²) in [7, 11) is 3.04. The van der Waals surface area contributed by atoms with Crippen molar-refractivity contribution < 1.29 is 72.9 Å². The predicted molar refractivity (Wildman–Crippen MR) is 337 cm³/mol. The molecule has 1 aromatic heterocycles. The third kappa shape index (κ3) is 19.0. The number of benzene rings is 2. The van der Waals surface area contributed by atoms with Gasteiger partial charge in [0.25, 0.3) is 11.7 Å². The van der Waals surface area contributed by atoms with Crippen molar-refractivity contribution in [3.8, 4) is 11.5 Å². The fourth-order valence-corrected chi connectivity index (χ4v) is 14.2. The Morgan fingerprint density at radius 2 is 1.56 bits per heavy atom. The van der Waals surface area contributed by atoms with Crippen molar-refractivity contribution >= 4 is 58.4 Å². The average molecular weight is 1260 g/mol. The van der Waals surface area contributed by atoms with Gasteiger partial charge in [-0.15, -0.1) is 0 Å². The van der Waals surface area contributed by atoms with E-state index < -0.39 is 83.9 Å². The number of carbonyl (C=O) groups is 6. The second-order valence-electron chi connectivity index (χ2n) is 25.3. The summed E-state index contributed by atoms with van der Waals surface area (Å²) in [6, 6.07) is 15.0. The van der Waals surface area contributed by atoms with Crippen LogP contribution in [0.1, 0.15) is 152 Å². The molecule has 4 aliphatic rings. The molecule has 0 spiro atoms. The maximum Gasteiger partial charge on any atom is 0.329 e. The van der Waals surface area contributed by atoms with E-state index >= 15 is 0 Å². The summed E-state index contributed by atoms with van der Waals surface area (Å²) in [6.45, 7) is 10.9. The number of aliphatic hydroxyl groups is 4. The highest BCUT2D eigenvalue weighted by atomic mass is 35.5. The molecule has 19 heteroatoms. The lowest BCUT2D eigenvalue weighted by Gasteiger charge is -2.47. The second kappa shape index (κ2) is 33.3. The zero-order chi connectivity index (χ0) is 63.8. The minimum absolute atomic E-state index is 0.0462. The Hall–Kier alpha value is -5.15. The molecule has 3 aromatic rings. The number of aromatic nitrogens is 1. The van der Waals surface area contributed by atoms with Crippen molar-refractivity contribution in [1.29, 1.82) is 0 Å². The molecular weight excluding hydrogens is 1160 g/mol. The Morgan fingerprint density at radius 3 is 2.27 bits per heavy atom. The lowest BCUT2D eigenvalue weighted by Crippen LogP contribution is -2.64. The Morgan fingerprint density at radius 1 is 0.852 bits per heavy atom. The molecule has 2 bridgehead atoms. The van der Waals surface area contributed by atoms with Gasteiger partial charge in [0, 0.05) is 94.0 Å². The number of fused-ring (bicyclic) bond motifs is 3. The van der Waals surface area contributed by atoms with E-state index in [2.05, 4.69) is 4.98 Å². The molecule has 1 saturated carbocycles. The number of ether oxygens (including phenoxy) is 5. The van der Waals surface area contributed by atoms with Crippen LogP contribution in [0.15, 0.2) is 84.1 Å². The van der Waals surface area contributed by atoms with Crippen molar-refractivity contribution in [2.75, 3.05) is 38.9 Å². The first kappa shape index (κ1) is 70.3. The highest BCUT2D eigenvalue weighted by Crippen LogP contribution is 2.40. The SMILES string of the molecule is CO[C@H]1C[C@@H](C)C/C(C)=C/[C@@H](CCCSCCCC(=O)c2cc(Oc3ccc(CC(=O)Cc4ccc(Cl)c(C)c4)cc3)ccn2)C(=O)C[C@H](O)[C@@H](C)[C@@H](/C(C)=C/[C@@H]2CC[C@@H](O)[C@H](CO)C2)OC(=O)[C@@H]2CCCCN2C(=O)C(=O)[C@]2(O)O[C@H]1[C@@H](OC)C[C@H]2C. The van der Waals surface area contributed by atoms with Gasteiger partial charge >= 0.3 is 5.97 Å². The number of Topliss-reactive ketones (excluding diaryl/α,β-unsaturated/α-hetero) is 4. The Balaban J connectivity index is 1.02. The number of allylic oxidation sites excluding steroid dienone is 3. The minimum Gasteiger partial charge on any atom is -0.457 e. The number of pyridine rings is 1. The molecule has 0 radical (unpaired) electrons. The second-order valence-corrected chi connectivity index (χ2v) is 26.9. The van der Waals surface area contributed by atoms with Gasteiger partial charge in [0.15, 0.2) is 5.78 Å². The fraction of sp³-hybridized carbons (Fsp3) is 0.609. The van der Waals surface area contributed by atoms with Crippen LogP contribution in [0.4, 0.5) is 0 Å². The molecule has 1 amide bonds. The molecular formula is C69H93ClN2O15S. The van der Waals surface area contributed by atoms with E-state index in [1.807, 2.05) is 57.2 Å². The Bertz CT molecular complexity index is 2940. The van der Waals surface area contributed by atoms with Crippen molar-refractivity contribution in [3.05, 3.63) is 111 Å². The van der Waals surface area contributed by atoms with Gasteiger partial charge in [0.1, 0.15) is 47.0 Å². The molecule has 7 rings (SSSR count). The fourth-order valence-electron chi connectivity index (χ4n) is 13.1. The summed E-state index contributed by atoms with van der Waals surface area (Å²) in [5.41, 5.74) is 4.54. The number of aryl methyl sites for hydroxylation is 1. The number of esters is 1. The topological polar surface area (TPSA) is 246 Å². The first-order chi connectivity index (χ1) is 42.0. The van der Waals surface area contributed by atoms with Gasteiger partial charge in [-0.2, -0.15) is 11.8 Å². The van der Waals surface area contributed by atoms with Crippen LogP contribution in [0.25, 0.3) is 0 Å². The number of nitrogens with zero attached hydrogens (tertiary/aromatic N) is 2. The summed E-state index contributed by atoms with van der Waals surface area (Å²) in [4.78, 5) is 90.0. The number of hydrogen-bond donors (Lipinski definition) is 4. The quantitative estimate of drug-likeness (QED) is 0.0270. The molecule has 17 nitrogen and oxygen atoms in total. The monoisotopic (exact) mass is 1260 g/mol. The van der Waals surface area contributed by atoms with E-state index in [4.69, 9.17) is 35.3 Å². The number of piperidine rings is 1. The van der Waals surface area contributed by atoms with Gasteiger partial charge < -0.3 is 49.0 Å². The van der Waals surface area contributed by atoms with Crippen LogP contribution in [0.5, 0.6) is 11.5 Å². The maximum absolute atomic E-state index is 14.7. The summed E-state index contributed by atoms with van der Waals surface area (Å²) in [6.07, 6.45) is 6.52. The largest absolute Gasteiger partial charge is 0.457 e. The number of thioether (sulfide) groups is 1. The van der Waals surface area contributed by atoms with E-state index in [1.54, 1.807) is 69.1 Å². The molecule has 14 atom stereocenters. The van der Waals surface area contributed by atoms with Crippen molar-refractivity contribution in [2.24, 2.45) is 35.5 Å². The minimum atomic E-state index is -2.57. The van der Waals surface area contributed by atoms with Gasteiger partial charge in [-0.3, -0.25) is 29.0 Å². The summed E-state index contributed by atoms with van der Waals surface area (Å²) in [5, 5.41) is 45.7. The van der Waals surface area contributed by atoms with E-state index in [-0.39, 0.29) is 80.4 Å². The average Bonchev–Trinajstić information content (AvgIpc) is 1.22. The molecule has 1 aliphatic carbocycles. The first-order valence-corrected chi connectivity index (χ1v) is 33.0. The van der Waals surface area contributed by atoms with Gasteiger partial charge in [-0.25, -0.2) is 4.79 Å². The number of amides is 1. The smallest absolute Gasteiger partial charge is 0.329 e. The summed E-state index contributed by atoms with van der Waals surface area (Å²) in [5.74, 6) is -6.20. The van der Waals surface area contributed by atoms with Gasteiger partial charge in [0.2, 0.25) is 5.79 Å². The Kier molecular flexibility index (Phi) is 26.6. The van der Waals surface area contributed by atoms with Crippen molar-refractivity contribution in [1.82, 2.24) is 9.88 Å². The zero-order valence-corrected chi connectivity index (χ0v) is 54.1. The third-order valence-corrected chi connectivity index (χ3v) is 19.8. The third-order valence-electron chi connectivity index (χ3n) is 18.3. The van der Waals surface area contributed by atoms with E-state index in [0.717, 1.165) is 22.3 Å². The number of rotatable bonds is 20. The van der Waals surface area contributed by atoms with Crippen LogP contribution in [0.2, 0.25) is 5.02 Å². The number of hydrogen-bond acceptors (Lipinski definition) is 17. The van der Waals surface area contributed by atoms with E-state index in [9.17, 15) is 49.2 Å². The van der Waals surface area contributed by atoms with Crippen LogP contribution in [-0.2, 0) is 55.8 Å². The molecule has 0 unspecified atom stereocenters. The Labute approximate surface area is 528 Å². The normalized spacial score (nSPS) is 30.6. The highest BCUT2D eigenvalue weighted by molar-refractivity contribution is 7.99. The van der Waals surface area contributed by atoms with Crippen molar-refractivity contribution in [3.63, 3.8) is 0 Å². The van der Waals surface area contributed by atoms with Gasteiger partial charge in [-0.1, -0.05) is 74.4 Å². The molecule has 3 fully saturated rings. The molecule has 4 N–H and O–H groups in total. The molecule has 2 aromatic carbocycles. The number of cyclic esters (lactones) is 1. The number of aliphatic hydroxyl groups excluding tert-OH is 3. The molecule has 2 saturated heterocycles. The molecule has 482 valence electrons. The number of halogens is 1. The number of ketones is 4.